The molecule has 0 aliphatic heterocycles. The molecule has 23 heavy (non-hydrogen) atoms. The summed E-state index contributed by atoms with van der Waals surface area (Å²) >= 11 is 0. The first-order valence-electron chi connectivity index (χ1n) is 6.91. The van der Waals surface area contributed by atoms with Crippen LogP contribution in [0.15, 0.2) is 47.1 Å². The highest BCUT2D eigenvalue weighted by atomic mass is 19.1. The van der Waals surface area contributed by atoms with Gasteiger partial charge in [-0.25, -0.2) is 19.3 Å². The van der Waals surface area contributed by atoms with Crippen LogP contribution in [0.2, 0.25) is 0 Å². The van der Waals surface area contributed by atoms with Crippen LogP contribution in [0.25, 0.3) is 11.5 Å². The minimum Gasteiger partial charge on any atom is -0.441 e. The molecule has 1 N–H and O–H groups in total. The Labute approximate surface area is 131 Å². The summed E-state index contributed by atoms with van der Waals surface area (Å²) in [6, 6.07) is 7.59. The van der Waals surface area contributed by atoms with Crippen LogP contribution in [-0.4, -0.2) is 20.9 Å². The van der Waals surface area contributed by atoms with Gasteiger partial charge in [0.05, 0.1) is 12.1 Å². The topological polar surface area (TPSA) is 80.9 Å². The molecular formula is C16H13FN4O2. The SMILES string of the molecule is Cc1oc(-c2cccc(F)c2)nc1CC(=O)Nc1ncccn1. The second kappa shape index (κ2) is 6.35. The van der Waals surface area contributed by atoms with Crippen LogP contribution in [-0.2, 0) is 11.2 Å². The third kappa shape index (κ3) is 3.57. The van der Waals surface area contributed by atoms with E-state index < -0.39 is 0 Å². The van der Waals surface area contributed by atoms with Crippen LogP contribution < -0.4 is 5.32 Å². The molecule has 0 atom stereocenters. The predicted octanol–water partition coefficient (Wildman–Crippen LogP) is 2.76. The summed E-state index contributed by atoms with van der Waals surface area (Å²) in [5.74, 6) is 0.329. The molecule has 3 aromatic rings. The third-order valence-corrected chi connectivity index (χ3v) is 3.11. The number of carbonyl (C=O) groups is 1. The Morgan fingerprint density at radius 2 is 2.04 bits per heavy atom. The third-order valence-electron chi connectivity index (χ3n) is 3.11. The fourth-order valence-electron chi connectivity index (χ4n) is 2.02. The van der Waals surface area contributed by atoms with Gasteiger partial charge in [0.1, 0.15) is 11.6 Å². The highest BCUT2D eigenvalue weighted by molar-refractivity contribution is 5.90. The maximum absolute atomic E-state index is 13.3. The molecule has 0 saturated heterocycles. The van der Waals surface area contributed by atoms with Gasteiger partial charge in [0.2, 0.25) is 17.7 Å². The van der Waals surface area contributed by atoms with Gasteiger partial charge in [0.25, 0.3) is 0 Å². The Bertz CT molecular complexity index is 833. The van der Waals surface area contributed by atoms with Crippen molar-refractivity contribution in [1.29, 1.82) is 0 Å². The van der Waals surface area contributed by atoms with Crippen molar-refractivity contribution >= 4 is 11.9 Å². The summed E-state index contributed by atoms with van der Waals surface area (Å²) < 4.78 is 18.8. The van der Waals surface area contributed by atoms with E-state index in [0.29, 0.717) is 17.0 Å². The van der Waals surface area contributed by atoms with Crippen LogP contribution in [0.5, 0.6) is 0 Å². The van der Waals surface area contributed by atoms with Crippen molar-refractivity contribution in [2.24, 2.45) is 0 Å². The number of anilines is 1. The summed E-state index contributed by atoms with van der Waals surface area (Å²) in [6.07, 6.45) is 3.08. The molecular weight excluding hydrogens is 299 g/mol. The number of halogens is 1. The number of nitrogens with zero attached hydrogens (tertiary/aromatic N) is 3. The molecule has 7 heteroatoms. The van der Waals surface area contributed by atoms with Gasteiger partial charge in [-0.3, -0.25) is 10.1 Å². The van der Waals surface area contributed by atoms with Crippen molar-refractivity contribution < 1.29 is 13.6 Å². The first kappa shape index (κ1) is 14.8. The van der Waals surface area contributed by atoms with Crippen molar-refractivity contribution in [3.05, 3.63) is 60.0 Å². The summed E-state index contributed by atoms with van der Waals surface area (Å²) in [5.41, 5.74) is 1.00. The number of benzene rings is 1. The molecule has 1 aromatic carbocycles. The highest BCUT2D eigenvalue weighted by Crippen LogP contribution is 2.22. The molecule has 0 spiro atoms. The number of oxazole rings is 1. The molecule has 0 unspecified atom stereocenters. The van der Waals surface area contributed by atoms with Gasteiger partial charge in [-0.05, 0) is 31.2 Å². The van der Waals surface area contributed by atoms with Gasteiger partial charge >= 0.3 is 0 Å². The number of hydrogen-bond acceptors (Lipinski definition) is 5. The smallest absolute Gasteiger partial charge is 0.232 e. The molecule has 0 bridgehead atoms. The lowest BCUT2D eigenvalue weighted by molar-refractivity contribution is -0.115. The molecule has 0 fully saturated rings. The Kier molecular flexibility index (Phi) is 4.09. The van der Waals surface area contributed by atoms with Gasteiger partial charge in [-0.15, -0.1) is 0 Å². The van der Waals surface area contributed by atoms with E-state index in [-0.39, 0.29) is 30.0 Å². The number of aromatic nitrogens is 3. The van der Waals surface area contributed by atoms with Crippen molar-refractivity contribution in [3.63, 3.8) is 0 Å². The molecule has 3 rings (SSSR count). The molecule has 0 aliphatic carbocycles. The standard InChI is InChI=1S/C16H13FN4O2/c1-10-13(9-14(22)21-16-18-6-3-7-19-16)20-15(23-10)11-4-2-5-12(17)8-11/h2-8H,9H2,1H3,(H,18,19,21,22). The Balaban J connectivity index is 1.75. The average Bonchev–Trinajstić information content (AvgIpc) is 2.89. The Hall–Kier alpha value is -3.09. The summed E-state index contributed by atoms with van der Waals surface area (Å²) in [5, 5.41) is 2.57. The first-order valence-corrected chi connectivity index (χ1v) is 6.91. The summed E-state index contributed by atoms with van der Waals surface area (Å²) in [4.78, 5) is 24.1. The number of amides is 1. The highest BCUT2D eigenvalue weighted by Gasteiger charge is 2.15. The molecule has 116 valence electrons. The van der Waals surface area contributed by atoms with E-state index in [0.717, 1.165) is 0 Å². The number of nitrogens with one attached hydrogen (secondary N) is 1. The average molecular weight is 312 g/mol. The largest absolute Gasteiger partial charge is 0.441 e. The van der Waals surface area contributed by atoms with Crippen molar-refractivity contribution in [2.45, 2.75) is 13.3 Å². The van der Waals surface area contributed by atoms with Crippen LogP contribution in [0, 0.1) is 12.7 Å². The minimum absolute atomic E-state index is 0.0168. The number of rotatable bonds is 4. The Morgan fingerprint density at radius 1 is 1.26 bits per heavy atom. The van der Waals surface area contributed by atoms with Gasteiger partial charge < -0.3 is 4.42 Å². The van der Waals surface area contributed by atoms with Gasteiger partial charge in [-0.2, -0.15) is 0 Å². The second-order valence-corrected chi connectivity index (χ2v) is 4.83. The van der Waals surface area contributed by atoms with Crippen LogP contribution >= 0.6 is 0 Å². The zero-order chi connectivity index (χ0) is 16.2. The second-order valence-electron chi connectivity index (χ2n) is 4.83. The minimum atomic E-state index is -0.376. The van der Waals surface area contributed by atoms with E-state index >= 15 is 0 Å². The molecule has 6 nitrogen and oxygen atoms in total. The van der Waals surface area contributed by atoms with Gasteiger partial charge in [0, 0.05) is 18.0 Å². The van der Waals surface area contributed by atoms with E-state index in [9.17, 15) is 9.18 Å². The molecule has 1 amide bonds. The van der Waals surface area contributed by atoms with E-state index in [1.54, 1.807) is 25.1 Å². The summed E-state index contributed by atoms with van der Waals surface area (Å²) in [6.45, 7) is 1.71. The van der Waals surface area contributed by atoms with Crippen LogP contribution in [0.1, 0.15) is 11.5 Å². The van der Waals surface area contributed by atoms with Crippen molar-refractivity contribution in [1.82, 2.24) is 15.0 Å². The number of aryl methyl sites for hydroxylation is 1. The van der Waals surface area contributed by atoms with E-state index in [4.69, 9.17) is 4.42 Å². The fraction of sp³-hybridized carbons (Fsp3) is 0.125. The summed E-state index contributed by atoms with van der Waals surface area (Å²) in [7, 11) is 0. The molecule has 2 aromatic heterocycles. The maximum atomic E-state index is 13.3. The maximum Gasteiger partial charge on any atom is 0.232 e. The molecule has 2 heterocycles. The lowest BCUT2D eigenvalue weighted by Gasteiger charge is -2.01. The van der Waals surface area contributed by atoms with E-state index in [2.05, 4.69) is 20.3 Å². The number of carbonyl (C=O) groups excluding carboxylic acids is 1. The fourth-order valence-corrected chi connectivity index (χ4v) is 2.02. The normalized spacial score (nSPS) is 10.5. The lowest BCUT2D eigenvalue weighted by atomic mass is 10.2. The van der Waals surface area contributed by atoms with Gasteiger partial charge in [0.15, 0.2) is 0 Å². The molecule has 0 radical (unpaired) electrons. The molecule has 0 saturated carbocycles. The quantitative estimate of drug-likeness (QED) is 0.801. The lowest BCUT2D eigenvalue weighted by Crippen LogP contribution is -2.16. The Morgan fingerprint density at radius 3 is 2.78 bits per heavy atom. The predicted molar refractivity (Wildman–Crippen MR) is 81.0 cm³/mol. The van der Waals surface area contributed by atoms with Gasteiger partial charge in [-0.1, -0.05) is 6.07 Å². The van der Waals surface area contributed by atoms with Crippen LogP contribution in [0.3, 0.4) is 0 Å². The first-order chi connectivity index (χ1) is 11.1. The zero-order valence-corrected chi connectivity index (χ0v) is 12.3. The zero-order valence-electron chi connectivity index (χ0n) is 12.3. The van der Waals surface area contributed by atoms with E-state index in [1.165, 1.54) is 24.5 Å². The van der Waals surface area contributed by atoms with Crippen LogP contribution in [0.4, 0.5) is 10.3 Å². The monoisotopic (exact) mass is 312 g/mol. The van der Waals surface area contributed by atoms with E-state index in [1.807, 2.05) is 0 Å². The number of hydrogen-bond donors (Lipinski definition) is 1. The molecule has 0 aliphatic rings. The van der Waals surface area contributed by atoms with Crippen molar-refractivity contribution in [3.8, 4) is 11.5 Å². The van der Waals surface area contributed by atoms with Crippen molar-refractivity contribution in [2.75, 3.05) is 5.32 Å².